The molecule has 3 rings (SSSR count). The summed E-state index contributed by atoms with van der Waals surface area (Å²) in [5, 5.41) is 2.31. The topological polar surface area (TPSA) is 37.4 Å². The Bertz CT molecular complexity index is 784. The molecular formula is C14H6Cl3NO2S. The Labute approximate surface area is 139 Å². The third-order valence-electron chi connectivity index (χ3n) is 2.94. The number of benzene rings is 1. The molecule has 7 heteroatoms. The fourth-order valence-corrected chi connectivity index (χ4v) is 3.47. The van der Waals surface area contributed by atoms with Gasteiger partial charge in [0.25, 0.3) is 11.8 Å². The molecular weight excluding hydrogens is 353 g/mol. The Morgan fingerprint density at radius 1 is 1.00 bits per heavy atom. The average Bonchev–Trinajstić information content (AvgIpc) is 3.02. The summed E-state index contributed by atoms with van der Waals surface area (Å²) in [6.07, 6.45) is 0. The van der Waals surface area contributed by atoms with Crippen LogP contribution >= 0.6 is 46.1 Å². The SMILES string of the molecule is O=C1C(Cl)=C(c2cccs2)C(=O)N1c1cc(Cl)ccc1Cl. The summed E-state index contributed by atoms with van der Waals surface area (Å²) in [4.78, 5) is 26.4. The molecule has 0 fully saturated rings. The number of anilines is 1. The zero-order valence-corrected chi connectivity index (χ0v) is 13.4. The number of hydrogen-bond donors (Lipinski definition) is 0. The molecule has 106 valence electrons. The van der Waals surface area contributed by atoms with E-state index in [2.05, 4.69) is 0 Å². The van der Waals surface area contributed by atoms with Crippen molar-refractivity contribution in [2.75, 3.05) is 4.90 Å². The van der Waals surface area contributed by atoms with Gasteiger partial charge in [0.15, 0.2) is 0 Å². The van der Waals surface area contributed by atoms with E-state index < -0.39 is 11.8 Å². The van der Waals surface area contributed by atoms with E-state index in [1.165, 1.54) is 23.5 Å². The fourth-order valence-electron chi connectivity index (χ4n) is 2.01. The third kappa shape index (κ3) is 2.38. The molecule has 0 saturated heterocycles. The molecule has 0 atom stereocenters. The number of rotatable bonds is 2. The molecule has 3 nitrogen and oxygen atoms in total. The van der Waals surface area contributed by atoms with Gasteiger partial charge in [0, 0.05) is 9.90 Å². The number of carbonyl (C=O) groups excluding carboxylic acids is 2. The zero-order valence-electron chi connectivity index (χ0n) is 10.3. The predicted octanol–water partition coefficient (Wildman–Crippen LogP) is 4.58. The van der Waals surface area contributed by atoms with Gasteiger partial charge in [-0.1, -0.05) is 40.9 Å². The van der Waals surface area contributed by atoms with E-state index in [0.717, 1.165) is 4.90 Å². The Hall–Kier alpha value is -1.33. The van der Waals surface area contributed by atoms with Gasteiger partial charge in [0.05, 0.1) is 16.3 Å². The van der Waals surface area contributed by atoms with Gasteiger partial charge in [-0.3, -0.25) is 9.59 Å². The van der Waals surface area contributed by atoms with Gasteiger partial charge in [0.2, 0.25) is 0 Å². The molecule has 0 spiro atoms. The van der Waals surface area contributed by atoms with E-state index in [1.54, 1.807) is 23.6 Å². The highest BCUT2D eigenvalue weighted by molar-refractivity contribution is 7.11. The Balaban J connectivity index is 2.11. The van der Waals surface area contributed by atoms with Crippen molar-refractivity contribution in [1.82, 2.24) is 0 Å². The summed E-state index contributed by atoms with van der Waals surface area (Å²) >= 11 is 19.4. The molecule has 0 unspecified atom stereocenters. The van der Waals surface area contributed by atoms with E-state index in [-0.39, 0.29) is 21.3 Å². The first kappa shape index (κ1) is 14.6. The maximum atomic E-state index is 12.6. The molecule has 2 heterocycles. The summed E-state index contributed by atoms with van der Waals surface area (Å²) in [7, 11) is 0. The Morgan fingerprint density at radius 2 is 1.76 bits per heavy atom. The Kier molecular flexibility index (Phi) is 3.80. The normalized spacial score (nSPS) is 15.3. The van der Waals surface area contributed by atoms with Crippen LogP contribution in [0.25, 0.3) is 5.57 Å². The highest BCUT2D eigenvalue weighted by atomic mass is 35.5. The summed E-state index contributed by atoms with van der Waals surface area (Å²) in [5.41, 5.74) is 0.414. The number of carbonyl (C=O) groups is 2. The lowest BCUT2D eigenvalue weighted by atomic mass is 10.2. The van der Waals surface area contributed by atoms with Gasteiger partial charge in [-0.2, -0.15) is 0 Å². The minimum Gasteiger partial charge on any atom is -0.268 e. The summed E-state index contributed by atoms with van der Waals surface area (Å²) in [6, 6.07) is 8.08. The zero-order chi connectivity index (χ0) is 15.1. The molecule has 2 aromatic rings. The summed E-state index contributed by atoms with van der Waals surface area (Å²) in [5.74, 6) is -1.11. The van der Waals surface area contributed by atoms with Gasteiger partial charge >= 0.3 is 0 Å². The van der Waals surface area contributed by atoms with Crippen molar-refractivity contribution in [1.29, 1.82) is 0 Å². The fraction of sp³-hybridized carbons (Fsp3) is 0. The van der Waals surface area contributed by atoms with Gasteiger partial charge in [-0.25, -0.2) is 4.90 Å². The van der Waals surface area contributed by atoms with Gasteiger partial charge in [-0.15, -0.1) is 11.3 Å². The van der Waals surface area contributed by atoms with Crippen molar-refractivity contribution in [3.8, 4) is 0 Å². The van der Waals surface area contributed by atoms with Crippen molar-refractivity contribution in [3.63, 3.8) is 0 Å². The van der Waals surface area contributed by atoms with Gasteiger partial charge in [0.1, 0.15) is 5.03 Å². The van der Waals surface area contributed by atoms with Crippen LogP contribution in [0.5, 0.6) is 0 Å². The number of thiophene rings is 1. The van der Waals surface area contributed by atoms with Gasteiger partial charge < -0.3 is 0 Å². The minimum absolute atomic E-state index is 0.113. The van der Waals surface area contributed by atoms with Crippen LogP contribution in [0.2, 0.25) is 10.0 Å². The molecule has 1 aliphatic heterocycles. The van der Waals surface area contributed by atoms with Crippen LogP contribution in [0.3, 0.4) is 0 Å². The maximum absolute atomic E-state index is 12.6. The molecule has 1 aromatic carbocycles. The molecule has 0 saturated carbocycles. The Morgan fingerprint density at radius 3 is 2.43 bits per heavy atom. The molecule has 1 aromatic heterocycles. The minimum atomic E-state index is -0.603. The maximum Gasteiger partial charge on any atom is 0.277 e. The number of nitrogens with zero attached hydrogens (tertiary/aromatic N) is 1. The third-order valence-corrected chi connectivity index (χ3v) is 4.74. The van der Waals surface area contributed by atoms with E-state index in [4.69, 9.17) is 34.8 Å². The van der Waals surface area contributed by atoms with Crippen LogP contribution in [0.4, 0.5) is 5.69 Å². The van der Waals surface area contributed by atoms with E-state index in [1.807, 2.05) is 0 Å². The standard InChI is InChI=1S/C14H6Cl3NO2S/c15-7-3-4-8(16)9(6-7)18-13(19)11(12(17)14(18)20)10-2-1-5-21-10/h1-6H. The number of halogens is 3. The molecule has 0 radical (unpaired) electrons. The molecule has 1 aliphatic rings. The molecule has 0 bridgehead atoms. The molecule has 0 aliphatic carbocycles. The van der Waals surface area contributed by atoms with Crippen LogP contribution in [0.15, 0.2) is 40.7 Å². The number of amides is 2. The second-order valence-electron chi connectivity index (χ2n) is 4.21. The van der Waals surface area contributed by atoms with Crippen LogP contribution in [0.1, 0.15) is 4.88 Å². The first-order chi connectivity index (χ1) is 10.0. The van der Waals surface area contributed by atoms with Crippen molar-refractivity contribution < 1.29 is 9.59 Å². The van der Waals surface area contributed by atoms with E-state index in [9.17, 15) is 9.59 Å². The lowest BCUT2D eigenvalue weighted by Gasteiger charge is -2.16. The largest absolute Gasteiger partial charge is 0.277 e. The summed E-state index contributed by atoms with van der Waals surface area (Å²) in [6.45, 7) is 0. The monoisotopic (exact) mass is 357 g/mol. The first-order valence-corrected chi connectivity index (χ1v) is 7.79. The molecule has 21 heavy (non-hydrogen) atoms. The van der Waals surface area contributed by atoms with Crippen LogP contribution in [-0.2, 0) is 9.59 Å². The van der Waals surface area contributed by atoms with E-state index >= 15 is 0 Å². The van der Waals surface area contributed by atoms with E-state index in [0.29, 0.717) is 9.90 Å². The second-order valence-corrected chi connectivity index (χ2v) is 6.38. The first-order valence-electron chi connectivity index (χ1n) is 5.78. The predicted molar refractivity (Wildman–Crippen MR) is 86.0 cm³/mol. The average molecular weight is 359 g/mol. The van der Waals surface area contributed by atoms with Crippen molar-refractivity contribution >= 4 is 69.2 Å². The molecule has 2 amide bonds. The van der Waals surface area contributed by atoms with Crippen molar-refractivity contribution in [2.24, 2.45) is 0 Å². The van der Waals surface area contributed by atoms with Crippen molar-refractivity contribution in [2.45, 2.75) is 0 Å². The second kappa shape index (κ2) is 5.46. The van der Waals surface area contributed by atoms with Crippen LogP contribution in [0, 0.1) is 0 Å². The highest BCUT2D eigenvalue weighted by Crippen LogP contribution is 2.39. The number of imide groups is 1. The van der Waals surface area contributed by atoms with Crippen LogP contribution in [-0.4, -0.2) is 11.8 Å². The lowest BCUT2D eigenvalue weighted by Crippen LogP contribution is -2.31. The smallest absolute Gasteiger partial charge is 0.268 e. The van der Waals surface area contributed by atoms with Crippen molar-refractivity contribution in [3.05, 3.63) is 55.7 Å². The number of hydrogen-bond acceptors (Lipinski definition) is 3. The quantitative estimate of drug-likeness (QED) is 0.737. The lowest BCUT2D eigenvalue weighted by molar-refractivity contribution is -0.119. The summed E-state index contributed by atoms with van der Waals surface area (Å²) < 4.78 is 0. The highest BCUT2D eigenvalue weighted by Gasteiger charge is 2.40. The van der Waals surface area contributed by atoms with Crippen LogP contribution < -0.4 is 4.90 Å². The van der Waals surface area contributed by atoms with Gasteiger partial charge in [-0.05, 0) is 29.6 Å². The molecule has 0 N–H and O–H groups in total.